The predicted molar refractivity (Wildman–Crippen MR) is 193 cm³/mol. The number of epoxide rings is 1. The first-order valence-corrected chi connectivity index (χ1v) is 19.9. The van der Waals surface area contributed by atoms with Crippen LogP contribution in [-0.4, -0.2) is 124 Å². The van der Waals surface area contributed by atoms with E-state index in [0.717, 1.165) is 27.9 Å². The van der Waals surface area contributed by atoms with Gasteiger partial charge in [-0.1, -0.05) is 20.8 Å². The summed E-state index contributed by atoms with van der Waals surface area (Å²) >= 11 is 0. The predicted octanol–water partition coefficient (Wildman–Crippen LogP) is 1.86. The van der Waals surface area contributed by atoms with Gasteiger partial charge < -0.3 is 62.0 Å². The fraction of sp³-hybridized carbons (Fsp3) is 0.756. The van der Waals surface area contributed by atoms with Gasteiger partial charge in [0.25, 0.3) is 5.97 Å². The number of carbonyl (C=O) groups excluding carboxylic acids is 6. The van der Waals surface area contributed by atoms with E-state index in [4.69, 9.17) is 51.8 Å². The zero-order valence-corrected chi connectivity index (χ0v) is 35.4. The van der Waals surface area contributed by atoms with Crippen molar-refractivity contribution in [3.63, 3.8) is 0 Å². The molecule has 2 spiro atoms. The van der Waals surface area contributed by atoms with Gasteiger partial charge in [0.1, 0.15) is 22.9 Å². The van der Waals surface area contributed by atoms with Crippen molar-refractivity contribution < 1.29 is 90.8 Å². The molecule has 8 rings (SSSR count). The highest BCUT2D eigenvalue weighted by molar-refractivity contribution is 5.83. The minimum Gasteiger partial charge on any atom is -0.472 e. The maximum Gasteiger partial charge on any atom is 0.341 e. The minimum absolute atomic E-state index is 0.175. The summed E-state index contributed by atoms with van der Waals surface area (Å²) in [6.07, 6.45) is -7.57. The first kappa shape index (κ1) is 42.5. The van der Waals surface area contributed by atoms with Crippen molar-refractivity contribution in [2.75, 3.05) is 14.2 Å². The van der Waals surface area contributed by atoms with E-state index in [1.165, 1.54) is 46.5 Å². The van der Waals surface area contributed by atoms with Crippen LogP contribution in [-0.2, 0) is 76.1 Å². The number of aliphatic hydroxyl groups is 2. The van der Waals surface area contributed by atoms with Crippen LogP contribution < -0.4 is 0 Å². The number of furan rings is 1. The van der Waals surface area contributed by atoms with Crippen LogP contribution in [0.5, 0.6) is 0 Å². The van der Waals surface area contributed by atoms with Crippen molar-refractivity contribution in [3.8, 4) is 0 Å². The third-order valence-corrected chi connectivity index (χ3v) is 15.7. The number of fused-ring (bicyclic) bond motifs is 2. The zero-order valence-electron chi connectivity index (χ0n) is 35.4. The third-order valence-electron chi connectivity index (χ3n) is 15.7. The minimum atomic E-state index is -2.91. The van der Waals surface area contributed by atoms with Crippen molar-refractivity contribution in [2.24, 2.45) is 22.2 Å². The molecule has 4 saturated carbocycles. The molecule has 16 atom stereocenters. The Morgan fingerprint density at radius 1 is 0.867 bits per heavy atom. The molecule has 1 aromatic rings. The van der Waals surface area contributed by atoms with Gasteiger partial charge in [-0.25, -0.2) is 4.79 Å². The lowest BCUT2D eigenvalue weighted by Crippen LogP contribution is -2.99. The molecule has 4 aliphatic carbocycles. The topological polar surface area (TPSA) is 252 Å². The van der Waals surface area contributed by atoms with Crippen LogP contribution in [0.3, 0.4) is 0 Å². The number of methoxy groups -OCH3 is 2. The van der Waals surface area contributed by atoms with Crippen molar-refractivity contribution in [1.29, 1.82) is 0 Å². The molecule has 0 unspecified atom stereocenters. The van der Waals surface area contributed by atoms with Gasteiger partial charge >= 0.3 is 35.8 Å². The summed E-state index contributed by atoms with van der Waals surface area (Å²) in [5.41, 5.74) is -19.5. The molecule has 3 saturated heterocycles. The van der Waals surface area contributed by atoms with E-state index in [0.29, 0.717) is 0 Å². The second-order valence-electron chi connectivity index (χ2n) is 18.5. The summed E-state index contributed by atoms with van der Waals surface area (Å²) in [7, 11) is 2.25. The van der Waals surface area contributed by atoms with Gasteiger partial charge in [0.05, 0.1) is 45.4 Å². The molecule has 19 nitrogen and oxygen atoms in total. The highest BCUT2D eigenvalue weighted by Crippen LogP contribution is 2.90. The van der Waals surface area contributed by atoms with Gasteiger partial charge in [0.15, 0.2) is 23.4 Å². The maximum atomic E-state index is 14.4. The highest BCUT2D eigenvalue weighted by atomic mass is 16.9. The number of carbonyl (C=O) groups is 6. The number of hydrogen-bond acceptors (Lipinski definition) is 19. The van der Waals surface area contributed by atoms with Gasteiger partial charge in [0, 0.05) is 55.9 Å². The van der Waals surface area contributed by atoms with E-state index in [2.05, 4.69) is 0 Å². The zero-order chi connectivity index (χ0) is 44.2. The summed E-state index contributed by atoms with van der Waals surface area (Å²) in [6.45, 7) is 12.5. The molecule has 4 bridgehead atoms. The fourth-order valence-corrected chi connectivity index (χ4v) is 13.5. The Balaban J connectivity index is 1.55. The van der Waals surface area contributed by atoms with Crippen molar-refractivity contribution in [3.05, 3.63) is 24.2 Å². The summed E-state index contributed by atoms with van der Waals surface area (Å²) in [5.74, 6) is -9.00. The van der Waals surface area contributed by atoms with Crippen molar-refractivity contribution in [2.45, 2.75) is 158 Å². The molecular formula is C41H52O19. The SMILES string of the molecule is COC(=O)C[C@H]1[C@@]2(C)C[C@]34O[C@]5(C)O[C@@]6([C@H](OC(C)=O)[C@@]3(OC(C)=O)[C@H]2OC(=O)[C@@]2(C)O[C@@H]2C)[C@](O)(CC(=O)OC)[C@](C)([C@@H](OC(C)=O)c2ccoc2)C[C@@H](O)[C@]6(O5)[C@]14C. The van der Waals surface area contributed by atoms with Crippen LogP contribution in [0.1, 0.15) is 99.7 Å². The number of aliphatic hydroxyl groups excluding tert-OH is 1. The fourth-order valence-electron chi connectivity index (χ4n) is 13.5. The summed E-state index contributed by atoms with van der Waals surface area (Å²) in [4.78, 5) is 82.9. The molecule has 0 amide bonds. The van der Waals surface area contributed by atoms with Crippen LogP contribution in [0.2, 0.25) is 0 Å². The van der Waals surface area contributed by atoms with E-state index in [-0.39, 0.29) is 12.0 Å². The molecule has 60 heavy (non-hydrogen) atoms. The Morgan fingerprint density at radius 3 is 2.03 bits per heavy atom. The number of esters is 6. The molecule has 7 aliphatic rings. The monoisotopic (exact) mass is 848 g/mol. The summed E-state index contributed by atoms with van der Waals surface area (Å²) in [6, 6.07) is 1.45. The van der Waals surface area contributed by atoms with Crippen LogP contribution >= 0.6 is 0 Å². The Hall–Kier alpha value is -4.14. The Labute approximate surface area is 344 Å². The Bertz CT molecular complexity index is 2070. The molecule has 2 N–H and O–H groups in total. The van der Waals surface area contributed by atoms with Gasteiger partial charge in [0.2, 0.25) is 5.60 Å². The normalized spacial score (nSPS) is 49.0. The molecule has 330 valence electrons. The largest absolute Gasteiger partial charge is 0.472 e. The van der Waals surface area contributed by atoms with E-state index >= 15 is 0 Å². The number of ether oxygens (including phenoxy) is 10. The highest BCUT2D eigenvalue weighted by Gasteiger charge is 3.08. The van der Waals surface area contributed by atoms with Crippen LogP contribution in [0.4, 0.5) is 0 Å². The van der Waals surface area contributed by atoms with Gasteiger partial charge in [-0.05, 0) is 38.7 Å². The van der Waals surface area contributed by atoms with Crippen LogP contribution in [0, 0.1) is 22.2 Å². The molecular weight excluding hydrogens is 796 g/mol. The first-order valence-electron chi connectivity index (χ1n) is 19.9. The van der Waals surface area contributed by atoms with E-state index in [1.807, 2.05) is 0 Å². The third kappa shape index (κ3) is 4.50. The van der Waals surface area contributed by atoms with E-state index in [1.54, 1.807) is 20.8 Å². The lowest BCUT2D eigenvalue weighted by molar-refractivity contribution is -0.491. The molecule has 3 aliphatic heterocycles. The molecule has 7 fully saturated rings. The molecule has 19 heteroatoms. The first-order chi connectivity index (χ1) is 27.8. The lowest BCUT2D eigenvalue weighted by Gasteiger charge is -2.78. The second-order valence-corrected chi connectivity index (χ2v) is 18.5. The number of hydrogen-bond donors (Lipinski definition) is 2. The van der Waals surface area contributed by atoms with Gasteiger partial charge in [-0.2, -0.15) is 0 Å². The van der Waals surface area contributed by atoms with E-state index < -0.39 is 147 Å². The van der Waals surface area contributed by atoms with Crippen molar-refractivity contribution in [1.82, 2.24) is 0 Å². The molecule has 0 radical (unpaired) electrons. The van der Waals surface area contributed by atoms with Crippen LogP contribution in [0.25, 0.3) is 0 Å². The summed E-state index contributed by atoms with van der Waals surface area (Å²) < 4.78 is 68.0. The molecule has 4 heterocycles. The van der Waals surface area contributed by atoms with Gasteiger partial charge in [-0.3, -0.25) is 24.0 Å². The van der Waals surface area contributed by atoms with Crippen LogP contribution in [0.15, 0.2) is 23.0 Å². The van der Waals surface area contributed by atoms with E-state index in [9.17, 15) is 39.0 Å². The standard InChI is InChI=1S/C41H52O19/c1-19-34(7,56-19)31(48)55-29-32(5)18-38-35(8,24(32)14-26(46)50-10)40-25(45)15-33(6,28(53-20(2)42)23-12-13-52-17-23)37(49,16-27(47)51-11)41(40,60-36(9,58-38)59-40)30(54-21(3)43)39(29,38)57-22(4)44/h12-13,17,19,24-25,28-30,45,49H,14-16,18H2,1-11H3/t19-,24+,25-,28+,29+,30-,32-,33+,34+,35-,36+,37+,38-,39+,40+,41+/m1/s1. The average Bonchev–Trinajstić information content (AvgIpc) is 3.49. The van der Waals surface area contributed by atoms with Crippen molar-refractivity contribution >= 4 is 35.8 Å². The number of rotatable bonds is 11. The lowest BCUT2D eigenvalue weighted by atomic mass is 9.32. The maximum absolute atomic E-state index is 14.4. The Morgan fingerprint density at radius 2 is 1.50 bits per heavy atom. The quantitative estimate of drug-likeness (QED) is 0.183. The second kappa shape index (κ2) is 12.5. The smallest absolute Gasteiger partial charge is 0.341 e. The molecule has 0 aromatic carbocycles. The Kier molecular flexibility index (Phi) is 8.86. The van der Waals surface area contributed by atoms with Gasteiger partial charge in [-0.15, -0.1) is 0 Å². The average molecular weight is 849 g/mol. The summed E-state index contributed by atoms with van der Waals surface area (Å²) in [5, 5.41) is 27.7. The molecule has 1 aromatic heterocycles.